The van der Waals surface area contributed by atoms with E-state index in [2.05, 4.69) is 29.5 Å². The fourth-order valence-corrected chi connectivity index (χ4v) is 4.38. The molecule has 0 heterocycles. The van der Waals surface area contributed by atoms with Crippen LogP contribution in [0.4, 0.5) is 0 Å². The van der Waals surface area contributed by atoms with E-state index in [1.807, 2.05) is 11.8 Å². The van der Waals surface area contributed by atoms with Crippen molar-refractivity contribution in [2.75, 3.05) is 18.8 Å². The molecule has 0 bridgehead atoms. The maximum absolute atomic E-state index is 10.6. The van der Waals surface area contributed by atoms with Gasteiger partial charge in [-0.25, -0.2) is 0 Å². The zero-order chi connectivity index (χ0) is 15.1. The number of halogens is 1. The summed E-state index contributed by atoms with van der Waals surface area (Å²) in [7, 11) is 0. The molecule has 2 atom stereocenters. The fraction of sp³-hybridized carbons (Fsp3) is 0.938. The Kier molecular flexibility index (Phi) is 9.47. The Hall–Kier alpha value is 0.310. The molecule has 0 amide bonds. The number of hydrogen-bond acceptors (Lipinski definition) is 3. The molecule has 4 nitrogen and oxygen atoms in total. The number of guanidine groups is 1. The highest BCUT2D eigenvalue weighted by Gasteiger charge is 2.45. The molecular formula is C16H32IN3OS. The van der Waals surface area contributed by atoms with Gasteiger partial charge in [0.15, 0.2) is 5.96 Å². The van der Waals surface area contributed by atoms with Crippen molar-refractivity contribution in [3.05, 3.63) is 0 Å². The number of hydrogen-bond donors (Lipinski definition) is 3. The summed E-state index contributed by atoms with van der Waals surface area (Å²) in [5.41, 5.74) is -0.588. The van der Waals surface area contributed by atoms with Gasteiger partial charge >= 0.3 is 0 Å². The average Bonchev–Trinajstić information content (AvgIpc) is 2.50. The molecule has 0 aromatic carbocycles. The van der Waals surface area contributed by atoms with E-state index in [9.17, 15) is 5.11 Å². The lowest BCUT2D eigenvalue weighted by atomic mass is 9.79. The molecular weight excluding hydrogens is 409 g/mol. The van der Waals surface area contributed by atoms with E-state index < -0.39 is 5.60 Å². The Labute approximate surface area is 156 Å². The van der Waals surface area contributed by atoms with Crippen LogP contribution < -0.4 is 10.6 Å². The predicted molar refractivity (Wildman–Crippen MR) is 108 cm³/mol. The molecule has 0 aliphatic heterocycles. The maximum atomic E-state index is 10.6. The minimum Gasteiger partial charge on any atom is -0.387 e. The predicted octanol–water partition coefficient (Wildman–Crippen LogP) is 3.14. The van der Waals surface area contributed by atoms with E-state index in [4.69, 9.17) is 0 Å². The van der Waals surface area contributed by atoms with Crippen LogP contribution in [0.2, 0.25) is 0 Å². The quantitative estimate of drug-likeness (QED) is 0.337. The van der Waals surface area contributed by atoms with Crippen LogP contribution in [-0.2, 0) is 0 Å². The zero-order valence-corrected chi connectivity index (χ0v) is 17.1. The van der Waals surface area contributed by atoms with Gasteiger partial charge in [-0.05, 0) is 38.4 Å². The van der Waals surface area contributed by atoms with Gasteiger partial charge in [0.1, 0.15) is 0 Å². The molecule has 6 heteroatoms. The van der Waals surface area contributed by atoms with Crippen LogP contribution in [0.25, 0.3) is 0 Å². The summed E-state index contributed by atoms with van der Waals surface area (Å²) in [5, 5.41) is 17.9. The van der Waals surface area contributed by atoms with Crippen molar-refractivity contribution in [2.24, 2.45) is 4.99 Å². The molecule has 2 saturated carbocycles. The van der Waals surface area contributed by atoms with Crippen molar-refractivity contribution in [2.45, 2.75) is 75.7 Å². The number of nitrogens with zero attached hydrogens (tertiary/aromatic N) is 1. The number of aliphatic hydroxyl groups is 1. The molecule has 2 aliphatic carbocycles. The second-order valence-electron chi connectivity index (χ2n) is 6.26. The monoisotopic (exact) mass is 441 g/mol. The Balaban J connectivity index is 0.00000242. The van der Waals surface area contributed by atoms with E-state index >= 15 is 0 Å². The third-order valence-electron chi connectivity index (χ3n) is 4.61. The minimum absolute atomic E-state index is 0. The molecule has 130 valence electrons. The summed E-state index contributed by atoms with van der Waals surface area (Å²) in [5.74, 6) is 1.95. The molecule has 0 aromatic rings. The highest BCUT2D eigenvalue weighted by Crippen LogP contribution is 2.41. The van der Waals surface area contributed by atoms with Crippen molar-refractivity contribution in [1.82, 2.24) is 10.6 Å². The summed E-state index contributed by atoms with van der Waals surface area (Å²) in [6.07, 6.45) is 8.48. The van der Waals surface area contributed by atoms with Gasteiger partial charge in [-0.3, -0.25) is 4.99 Å². The zero-order valence-electron chi connectivity index (χ0n) is 13.9. The molecule has 22 heavy (non-hydrogen) atoms. The lowest BCUT2D eigenvalue weighted by Gasteiger charge is -2.44. The standard InChI is InChI=1S/C16H31N3OS.HI/c1-3-17-15(19-13-8-6-5-7-9-13)18-12-16(20)11-10-14(16)21-4-2;/h13-14,20H,3-12H2,1-2H3,(H2,17,18,19);1H. The molecule has 3 N–H and O–H groups in total. The maximum Gasteiger partial charge on any atom is 0.191 e. The van der Waals surface area contributed by atoms with Crippen molar-refractivity contribution in [1.29, 1.82) is 0 Å². The Bertz CT molecular complexity index is 350. The molecule has 2 fully saturated rings. The van der Waals surface area contributed by atoms with Crippen molar-refractivity contribution in [3.8, 4) is 0 Å². The first-order valence-corrected chi connectivity index (χ1v) is 9.61. The van der Waals surface area contributed by atoms with E-state index in [-0.39, 0.29) is 24.0 Å². The fourth-order valence-electron chi connectivity index (χ4n) is 3.19. The minimum atomic E-state index is -0.588. The van der Waals surface area contributed by atoms with Gasteiger partial charge in [0, 0.05) is 17.8 Å². The smallest absolute Gasteiger partial charge is 0.191 e. The van der Waals surface area contributed by atoms with Crippen LogP contribution in [0.5, 0.6) is 0 Å². The van der Waals surface area contributed by atoms with Crippen LogP contribution in [0, 0.1) is 0 Å². The Morgan fingerprint density at radius 2 is 1.95 bits per heavy atom. The van der Waals surface area contributed by atoms with Gasteiger partial charge in [0.25, 0.3) is 0 Å². The summed E-state index contributed by atoms with van der Waals surface area (Å²) < 4.78 is 0. The molecule has 0 aromatic heterocycles. The summed E-state index contributed by atoms with van der Waals surface area (Å²) in [6.45, 7) is 5.63. The van der Waals surface area contributed by atoms with Gasteiger partial charge in [0.05, 0.1) is 12.1 Å². The summed E-state index contributed by atoms with van der Waals surface area (Å²) in [4.78, 5) is 4.66. The van der Waals surface area contributed by atoms with Gasteiger partial charge in [-0.2, -0.15) is 11.8 Å². The van der Waals surface area contributed by atoms with E-state index in [0.717, 1.165) is 31.1 Å². The van der Waals surface area contributed by atoms with Crippen LogP contribution >= 0.6 is 35.7 Å². The van der Waals surface area contributed by atoms with Crippen molar-refractivity contribution in [3.63, 3.8) is 0 Å². The van der Waals surface area contributed by atoms with Gasteiger partial charge in [0.2, 0.25) is 0 Å². The van der Waals surface area contributed by atoms with Crippen LogP contribution in [0.3, 0.4) is 0 Å². The Morgan fingerprint density at radius 1 is 1.23 bits per heavy atom. The van der Waals surface area contributed by atoms with Gasteiger partial charge in [-0.1, -0.05) is 26.2 Å². The molecule has 2 rings (SSSR count). The molecule has 2 unspecified atom stereocenters. The molecule has 2 aliphatic rings. The first kappa shape index (κ1) is 20.4. The SMILES string of the molecule is CCNC(=NCC1(O)CCC1SCC)NC1CCCCC1.I. The first-order chi connectivity index (χ1) is 10.2. The van der Waals surface area contributed by atoms with E-state index in [1.54, 1.807) is 0 Å². The van der Waals surface area contributed by atoms with Crippen molar-refractivity contribution >= 4 is 41.7 Å². The second kappa shape index (κ2) is 10.2. The van der Waals surface area contributed by atoms with Crippen LogP contribution in [0.15, 0.2) is 4.99 Å². The number of nitrogens with one attached hydrogen (secondary N) is 2. The summed E-state index contributed by atoms with van der Waals surface area (Å²) in [6, 6.07) is 0.549. The highest BCUT2D eigenvalue weighted by molar-refractivity contribution is 14.0. The first-order valence-electron chi connectivity index (χ1n) is 8.56. The molecule has 0 spiro atoms. The number of thioether (sulfide) groups is 1. The molecule has 0 saturated heterocycles. The largest absolute Gasteiger partial charge is 0.387 e. The van der Waals surface area contributed by atoms with Crippen molar-refractivity contribution < 1.29 is 5.11 Å². The van der Waals surface area contributed by atoms with Crippen LogP contribution in [-0.4, -0.2) is 46.8 Å². The summed E-state index contributed by atoms with van der Waals surface area (Å²) >= 11 is 1.87. The van der Waals surface area contributed by atoms with E-state index in [0.29, 0.717) is 17.8 Å². The third-order valence-corrected chi connectivity index (χ3v) is 6.02. The average molecular weight is 441 g/mol. The number of aliphatic imine (C=N–C) groups is 1. The molecule has 0 radical (unpaired) electrons. The topological polar surface area (TPSA) is 56.7 Å². The Morgan fingerprint density at radius 3 is 2.50 bits per heavy atom. The third kappa shape index (κ3) is 5.74. The number of rotatable bonds is 6. The lowest BCUT2D eigenvalue weighted by Crippen LogP contribution is -2.53. The highest BCUT2D eigenvalue weighted by atomic mass is 127. The van der Waals surface area contributed by atoms with Crippen LogP contribution in [0.1, 0.15) is 58.8 Å². The normalized spacial score (nSPS) is 29.4. The van der Waals surface area contributed by atoms with Gasteiger partial charge in [-0.15, -0.1) is 24.0 Å². The lowest BCUT2D eigenvalue weighted by molar-refractivity contribution is -0.0154. The van der Waals surface area contributed by atoms with Gasteiger partial charge < -0.3 is 15.7 Å². The second-order valence-corrected chi connectivity index (χ2v) is 7.74. The van der Waals surface area contributed by atoms with E-state index in [1.165, 1.54) is 32.1 Å².